The van der Waals surface area contributed by atoms with Crippen LogP contribution in [0, 0.1) is 0 Å². The molecular weight excluding hydrogens is 258 g/mol. The molecule has 0 unspecified atom stereocenters. The van der Waals surface area contributed by atoms with Crippen LogP contribution in [0.15, 0.2) is 18.2 Å². The smallest absolute Gasteiger partial charge is 0.265 e. The van der Waals surface area contributed by atoms with Gasteiger partial charge in [0, 0.05) is 18.8 Å². The summed E-state index contributed by atoms with van der Waals surface area (Å²) in [5.41, 5.74) is 6.83. The molecule has 2 N–H and O–H groups in total. The lowest BCUT2D eigenvalue weighted by Gasteiger charge is -2.30. The second kappa shape index (κ2) is 5.81. The lowest BCUT2D eigenvalue weighted by atomic mass is 10.2. The number of nitrogens with zero attached hydrogens (tertiary/aromatic N) is 2. The Kier molecular flexibility index (Phi) is 4.12. The third kappa shape index (κ3) is 2.68. The summed E-state index contributed by atoms with van der Waals surface area (Å²) in [5.74, 6) is 0.258. The predicted octanol–water partition coefficient (Wildman–Crippen LogP) is 0.863. The summed E-state index contributed by atoms with van der Waals surface area (Å²) in [6.07, 6.45) is 0. The Morgan fingerprint density at radius 3 is 2.75 bits per heavy atom. The number of fused-ring (bicyclic) bond motifs is 1. The summed E-state index contributed by atoms with van der Waals surface area (Å²) in [7, 11) is 0. The molecule has 0 bridgehead atoms. The highest BCUT2D eigenvalue weighted by Crippen LogP contribution is 2.33. The fourth-order valence-corrected chi connectivity index (χ4v) is 2.20. The Labute approximate surface area is 118 Å². The molecule has 0 fully saturated rings. The van der Waals surface area contributed by atoms with Crippen molar-refractivity contribution >= 4 is 23.2 Å². The number of nitrogens with two attached hydrogens (primary N) is 1. The van der Waals surface area contributed by atoms with Gasteiger partial charge in [-0.2, -0.15) is 0 Å². The molecule has 2 rings (SSSR count). The molecule has 1 aromatic rings. The van der Waals surface area contributed by atoms with Crippen LogP contribution in [0.1, 0.15) is 13.8 Å². The number of amides is 2. The zero-order chi connectivity index (χ0) is 14.7. The Bertz CT molecular complexity index is 526. The van der Waals surface area contributed by atoms with Gasteiger partial charge >= 0.3 is 0 Å². The van der Waals surface area contributed by atoms with Crippen molar-refractivity contribution in [3.8, 4) is 5.75 Å². The summed E-state index contributed by atoms with van der Waals surface area (Å²) >= 11 is 0. The number of carbonyl (C=O) groups is 2. The van der Waals surface area contributed by atoms with Crippen molar-refractivity contribution < 1.29 is 14.3 Å². The van der Waals surface area contributed by atoms with Gasteiger partial charge < -0.3 is 15.4 Å². The summed E-state index contributed by atoms with van der Waals surface area (Å²) < 4.78 is 5.34. The Hall–Kier alpha value is -2.24. The van der Waals surface area contributed by atoms with Crippen LogP contribution >= 0.6 is 0 Å². The molecule has 0 radical (unpaired) electrons. The van der Waals surface area contributed by atoms with Gasteiger partial charge in [-0.05, 0) is 32.0 Å². The van der Waals surface area contributed by atoms with E-state index in [2.05, 4.69) is 0 Å². The van der Waals surface area contributed by atoms with Crippen molar-refractivity contribution in [3.05, 3.63) is 18.2 Å². The van der Waals surface area contributed by atoms with Crippen LogP contribution in [0.3, 0.4) is 0 Å². The van der Waals surface area contributed by atoms with E-state index in [0.29, 0.717) is 30.2 Å². The Morgan fingerprint density at radius 1 is 1.40 bits per heavy atom. The molecule has 1 aromatic carbocycles. The van der Waals surface area contributed by atoms with Crippen LogP contribution in [0.2, 0.25) is 0 Å². The minimum absolute atomic E-state index is 0.0142. The van der Waals surface area contributed by atoms with Crippen LogP contribution in [0.25, 0.3) is 0 Å². The molecule has 0 saturated heterocycles. The van der Waals surface area contributed by atoms with Gasteiger partial charge in [0.15, 0.2) is 6.61 Å². The highest BCUT2D eigenvalue weighted by molar-refractivity contribution is 6.02. The van der Waals surface area contributed by atoms with Crippen molar-refractivity contribution in [2.75, 3.05) is 36.9 Å². The number of hydrogen-bond acceptors (Lipinski definition) is 4. The van der Waals surface area contributed by atoms with Gasteiger partial charge in [0.1, 0.15) is 12.3 Å². The number of carbonyl (C=O) groups excluding carboxylic acids is 2. The Morgan fingerprint density at radius 2 is 2.10 bits per heavy atom. The molecule has 2 amide bonds. The molecule has 1 aliphatic rings. The maximum atomic E-state index is 12.2. The number of rotatable bonds is 4. The van der Waals surface area contributed by atoms with Crippen LogP contribution in [-0.2, 0) is 9.59 Å². The molecule has 6 heteroatoms. The molecule has 0 spiro atoms. The molecule has 0 aliphatic carbocycles. The molecule has 6 nitrogen and oxygen atoms in total. The maximum Gasteiger partial charge on any atom is 0.265 e. The van der Waals surface area contributed by atoms with Gasteiger partial charge in [-0.25, -0.2) is 0 Å². The largest absolute Gasteiger partial charge is 0.482 e. The minimum Gasteiger partial charge on any atom is -0.482 e. The summed E-state index contributed by atoms with van der Waals surface area (Å²) in [5, 5.41) is 0. The van der Waals surface area contributed by atoms with E-state index in [9.17, 15) is 9.59 Å². The van der Waals surface area contributed by atoms with E-state index in [1.54, 1.807) is 23.1 Å². The van der Waals surface area contributed by atoms with Crippen molar-refractivity contribution in [3.63, 3.8) is 0 Å². The normalized spacial score (nSPS) is 13.7. The van der Waals surface area contributed by atoms with Crippen LogP contribution in [0.5, 0.6) is 5.75 Å². The highest BCUT2D eigenvalue weighted by Gasteiger charge is 2.28. The number of hydrogen-bond donors (Lipinski definition) is 1. The van der Waals surface area contributed by atoms with E-state index in [1.165, 1.54) is 4.90 Å². The standard InChI is InChI=1S/C14H19N3O3/c1-3-16(4-2)13(18)8-17-11-7-10(15)5-6-12(11)20-9-14(17)19/h5-7H,3-4,8-9,15H2,1-2H3. The van der Waals surface area contributed by atoms with Gasteiger partial charge in [-0.3, -0.25) is 14.5 Å². The quantitative estimate of drug-likeness (QED) is 0.828. The van der Waals surface area contributed by atoms with E-state index in [1.807, 2.05) is 13.8 Å². The minimum atomic E-state index is -0.233. The zero-order valence-corrected chi connectivity index (χ0v) is 11.8. The van der Waals surface area contributed by atoms with Gasteiger partial charge in [0.2, 0.25) is 5.91 Å². The van der Waals surface area contributed by atoms with Gasteiger partial charge in [0.25, 0.3) is 5.91 Å². The van der Waals surface area contributed by atoms with Crippen LogP contribution < -0.4 is 15.4 Å². The summed E-state index contributed by atoms with van der Waals surface area (Å²) in [6, 6.07) is 5.08. The second-order valence-corrected chi connectivity index (χ2v) is 4.56. The van der Waals surface area contributed by atoms with Crippen molar-refractivity contribution in [2.45, 2.75) is 13.8 Å². The molecule has 1 aliphatic heterocycles. The van der Waals surface area contributed by atoms with Crippen molar-refractivity contribution in [1.29, 1.82) is 0 Å². The van der Waals surface area contributed by atoms with E-state index in [-0.39, 0.29) is 25.0 Å². The van der Waals surface area contributed by atoms with E-state index in [4.69, 9.17) is 10.5 Å². The first-order valence-electron chi connectivity index (χ1n) is 6.67. The van der Waals surface area contributed by atoms with E-state index < -0.39 is 0 Å². The monoisotopic (exact) mass is 277 g/mol. The molecule has 0 aromatic heterocycles. The fourth-order valence-electron chi connectivity index (χ4n) is 2.20. The summed E-state index contributed by atoms with van der Waals surface area (Å²) in [4.78, 5) is 27.3. The third-order valence-corrected chi connectivity index (χ3v) is 3.34. The number of ether oxygens (including phenoxy) is 1. The summed E-state index contributed by atoms with van der Waals surface area (Å²) in [6.45, 7) is 5.03. The average Bonchev–Trinajstić information content (AvgIpc) is 2.43. The third-order valence-electron chi connectivity index (χ3n) is 3.34. The number of benzene rings is 1. The van der Waals surface area contributed by atoms with Gasteiger partial charge in [-0.1, -0.05) is 0 Å². The number of likely N-dealkylation sites (N-methyl/N-ethyl adjacent to an activating group) is 1. The average molecular weight is 277 g/mol. The number of anilines is 2. The molecule has 108 valence electrons. The zero-order valence-electron chi connectivity index (χ0n) is 11.8. The predicted molar refractivity (Wildman–Crippen MR) is 76.6 cm³/mol. The molecule has 20 heavy (non-hydrogen) atoms. The topological polar surface area (TPSA) is 75.9 Å². The SMILES string of the molecule is CCN(CC)C(=O)CN1C(=O)COc2ccc(N)cc21. The first-order valence-corrected chi connectivity index (χ1v) is 6.67. The fraction of sp³-hybridized carbons (Fsp3) is 0.429. The van der Waals surface area contributed by atoms with Crippen molar-refractivity contribution in [1.82, 2.24) is 4.90 Å². The lowest BCUT2D eigenvalue weighted by Crippen LogP contribution is -2.46. The van der Waals surface area contributed by atoms with E-state index in [0.717, 1.165) is 0 Å². The molecule has 0 saturated carbocycles. The van der Waals surface area contributed by atoms with Gasteiger partial charge in [0.05, 0.1) is 5.69 Å². The Balaban J connectivity index is 2.25. The van der Waals surface area contributed by atoms with Gasteiger partial charge in [-0.15, -0.1) is 0 Å². The second-order valence-electron chi connectivity index (χ2n) is 4.56. The van der Waals surface area contributed by atoms with Crippen molar-refractivity contribution in [2.24, 2.45) is 0 Å². The first kappa shape index (κ1) is 14.2. The molecular formula is C14H19N3O3. The molecule has 0 atom stereocenters. The molecule has 1 heterocycles. The first-order chi connectivity index (χ1) is 9.56. The van der Waals surface area contributed by atoms with Crippen LogP contribution in [-0.4, -0.2) is 43.0 Å². The van der Waals surface area contributed by atoms with E-state index >= 15 is 0 Å². The maximum absolute atomic E-state index is 12.2. The lowest BCUT2D eigenvalue weighted by molar-refractivity contribution is -0.131. The van der Waals surface area contributed by atoms with Crippen LogP contribution in [0.4, 0.5) is 11.4 Å². The highest BCUT2D eigenvalue weighted by atomic mass is 16.5. The number of nitrogen functional groups attached to an aromatic ring is 1.